The Morgan fingerprint density at radius 1 is 1.10 bits per heavy atom. The van der Waals surface area contributed by atoms with Crippen molar-refractivity contribution in [3.63, 3.8) is 0 Å². The third-order valence-corrected chi connectivity index (χ3v) is 3.11. The van der Waals surface area contributed by atoms with Gasteiger partial charge in [-0.05, 0) is 30.1 Å². The van der Waals surface area contributed by atoms with E-state index < -0.39 is 0 Å². The van der Waals surface area contributed by atoms with Gasteiger partial charge in [-0.15, -0.1) is 0 Å². The summed E-state index contributed by atoms with van der Waals surface area (Å²) < 4.78 is 10.7. The van der Waals surface area contributed by atoms with Gasteiger partial charge in [0, 0.05) is 24.7 Å². The van der Waals surface area contributed by atoms with Gasteiger partial charge in [-0.2, -0.15) is 0 Å². The Morgan fingerprint density at radius 3 is 2.55 bits per heavy atom. The number of aromatic nitrogens is 1. The second-order valence-corrected chi connectivity index (χ2v) is 4.37. The van der Waals surface area contributed by atoms with Crippen molar-refractivity contribution in [1.29, 1.82) is 0 Å². The van der Waals surface area contributed by atoms with Gasteiger partial charge >= 0.3 is 0 Å². The lowest BCUT2D eigenvalue weighted by Crippen LogP contribution is -2.21. The fourth-order valence-electron chi connectivity index (χ4n) is 2.09. The van der Waals surface area contributed by atoms with Crippen LogP contribution in [0.1, 0.15) is 6.92 Å². The van der Waals surface area contributed by atoms with E-state index >= 15 is 0 Å². The average Bonchev–Trinajstić information content (AvgIpc) is 2.50. The lowest BCUT2D eigenvalue weighted by Gasteiger charge is -2.12. The maximum absolute atomic E-state index is 5.35. The Hall–Kier alpha value is -2.01. The molecule has 0 atom stereocenters. The molecule has 1 heterocycles. The zero-order valence-electron chi connectivity index (χ0n) is 12.2. The van der Waals surface area contributed by atoms with Crippen LogP contribution in [0.25, 0.3) is 10.8 Å². The largest absolute Gasteiger partial charge is 0.493 e. The van der Waals surface area contributed by atoms with Crippen LogP contribution >= 0.6 is 0 Å². The molecule has 20 heavy (non-hydrogen) atoms. The second kappa shape index (κ2) is 6.96. The van der Waals surface area contributed by atoms with E-state index in [0.29, 0.717) is 5.75 Å². The molecular weight excluding hydrogens is 254 g/mol. The molecule has 0 radical (unpaired) electrons. The molecule has 0 bridgehead atoms. The second-order valence-electron chi connectivity index (χ2n) is 4.37. The number of hydrogen-bond acceptors (Lipinski definition) is 5. The molecule has 108 valence electrons. The van der Waals surface area contributed by atoms with Crippen LogP contribution in [-0.2, 0) is 0 Å². The summed E-state index contributed by atoms with van der Waals surface area (Å²) in [4.78, 5) is 4.40. The lowest BCUT2D eigenvalue weighted by molar-refractivity contribution is 0.356. The normalized spacial score (nSPS) is 10.6. The summed E-state index contributed by atoms with van der Waals surface area (Å²) in [5.74, 6) is 2.30. The number of pyridine rings is 1. The van der Waals surface area contributed by atoms with Gasteiger partial charge in [-0.25, -0.2) is 4.98 Å². The molecule has 0 fully saturated rings. The van der Waals surface area contributed by atoms with Crippen LogP contribution in [0.3, 0.4) is 0 Å². The quantitative estimate of drug-likeness (QED) is 0.759. The SMILES string of the molecule is CCNCCNc1nccc2cc(OC)c(OC)cc12. The Labute approximate surface area is 119 Å². The van der Waals surface area contributed by atoms with Crippen molar-refractivity contribution in [2.24, 2.45) is 0 Å². The first-order valence-electron chi connectivity index (χ1n) is 6.75. The van der Waals surface area contributed by atoms with Crippen LogP contribution in [-0.4, -0.2) is 38.8 Å². The van der Waals surface area contributed by atoms with Crippen molar-refractivity contribution in [2.45, 2.75) is 6.92 Å². The number of hydrogen-bond donors (Lipinski definition) is 2. The number of rotatable bonds is 7. The van der Waals surface area contributed by atoms with Gasteiger partial charge in [-0.3, -0.25) is 0 Å². The number of fused-ring (bicyclic) bond motifs is 1. The highest BCUT2D eigenvalue weighted by Gasteiger charge is 2.09. The van der Waals surface area contributed by atoms with Crippen molar-refractivity contribution in [2.75, 3.05) is 39.2 Å². The van der Waals surface area contributed by atoms with E-state index in [1.807, 2.05) is 18.2 Å². The zero-order chi connectivity index (χ0) is 14.4. The average molecular weight is 275 g/mol. The molecule has 2 aromatic rings. The monoisotopic (exact) mass is 275 g/mol. The number of methoxy groups -OCH3 is 2. The molecule has 0 aliphatic carbocycles. The molecule has 1 aromatic heterocycles. The highest BCUT2D eigenvalue weighted by molar-refractivity contribution is 5.94. The first kappa shape index (κ1) is 14.4. The minimum Gasteiger partial charge on any atom is -0.493 e. The fraction of sp³-hybridized carbons (Fsp3) is 0.400. The summed E-state index contributed by atoms with van der Waals surface area (Å²) in [6, 6.07) is 5.88. The van der Waals surface area contributed by atoms with Gasteiger partial charge in [0.05, 0.1) is 14.2 Å². The molecule has 1 aromatic carbocycles. The fourth-order valence-corrected chi connectivity index (χ4v) is 2.09. The van der Waals surface area contributed by atoms with Crippen LogP contribution in [0.4, 0.5) is 5.82 Å². The molecule has 2 N–H and O–H groups in total. The third-order valence-electron chi connectivity index (χ3n) is 3.11. The highest BCUT2D eigenvalue weighted by atomic mass is 16.5. The standard InChI is InChI=1S/C15H21N3O2/c1-4-16-7-8-18-15-12-10-14(20-3)13(19-2)9-11(12)5-6-17-15/h5-6,9-10,16H,4,7-8H2,1-3H3,(H,17,18). The Morgan fingerprint density at radius 2 is 1.85 bits per heavy atom. The number of likely N-dealkylation sites (N-methyl/N-ethyl adjacent to an activating group) is 1. The topological polar surface area (TPSA) is 55.4 Å². The molecule has 0 saturated heterocycles. The van der Waals surface area contributed by atoms with Gasteiger partial charge < -0.3 is 20.1 Å². The molecule has 2 rings (SSSR count). The van der Waals surface area contributed by atoms with E-state index in [1.165, 1.54) is 0 Å². The minimum absolute atomic E-state index is 0.711. The van der Waals surface area contributed by atoms with E-state index in [1.54, 1.807) is 20.4 Å². The Kier molecular flexibility index (Phi) is 5.01. The van der Waals surface area contributed by atoms with Gasteiger partial charge in [0.15, 0.2) is 11.5 Å². The van der Waals surface area contributed by atoms with Gasteiger partial charge in [0.1, 0.15) is 5.82 Å². The van der Waals surface area contributed by atoms with E-state index in [4.69, 9.17) is 9.47 Å². The molecule has 0 amide bonds. The molecule has 0 spiro atoms. The summed E-state index contributed by atoms with van der Waals surface area (Å²) in [7, 11) is 3.28. The van der Waals surface area contributed by atoms with Gasteiger partial charge in [0.25, 0.3) is 0 Å². The van der Waals surface area contributed by atoms with Crippen LogP contribution in [0.15, 0.2) is 24.4 Å². The first-order valence-corrected chi connectivity index (χ1v) is 6.75. The van der Waals surface area contributed by atoms with E-state index in [2.05, 4.69) is 22.5 Å². The van der Waals surface area contributed by atoms with Crippen molar-refractivity contribution in [1.82, 2.24) is 10.3 Å². The zero-order valence-corrected chi connectivity index (χ0v) is 12.2. The number of benzene rings is 1. The lowest BCUT2D eigenvalue weighted by atomic mass is 10.1. The Balaban J connectivity index is 2.30. The molecule has 0 saturated carbocycles. The van der Waals surface area contributed by atoms with Crippen LogP contribution < -0.4 is 20.1 Å². The predicted molar refractivity (Wildman–Crippen MR) is 81.9 cm³/mol. The molecular formula is C15H21N3O2. The number of nitrogens with one attached hydrogen (secondary N) is 2. The van der Waals surface area contributed by atoms with Gasteiger partial charge in [0.2, 0.25) is 0 Å². The van der Waals surface area contributed by atoms with E-state index in [-0.39, 0.29) is 0 Å². The summed E-state index contributed by atoms with van der Waals surface area (Å²) in [5.41, 5.74) is 0. The van der Waals surface area contributed by atoms with Crippen molar-refractivity contribution in [3.05, 3.63) is 24.4 Å². The Bertz CT molecular complexity index is 572. The smallest absolute Gasteiger partial charge is 0.161 e. The minimum atomic E-state index is 0.711. The maximum Gasteiger partial charge on any atom is 0.161 e. The van der Waals surface area contributed by atoms with Crippen molar-refractivity contribution in [3.8, 4) is 11.5 Å². The van der Waals surface area contributed by atoms with Crippen molar-refractivity contribution < 1.29 is 9.47 Å². The third kappa shape index (κ3) is 3.11. The van der Waals surface area contributed by atoms with E-state index in [9.17, 15) is 0 Å². The molecule has 0 aliphatic heterocycles. The first-order chi connectivity index (χ1) is 9.80. The van der Waals surface area contributed by atoms with Crippen LogP contribution in [0.5, 0.6) is 11.5 Å². The molecule has 5 nitrogen and oxygen atoms in total. The van der Waals surface area contributed by atoms with Crippen molar-refractivity contribution >= 4 is 16.6 Å². The predicted octanol–water partition coefficient (Wildman–Crippen LogP) is 2.27. The highest BCUT2D eigenvalue weighted by Crippen LogP contribution is 2.34. The molecule has 0 unspecified atom stereocenters. The van der Waals surface area contributed by atoms with Crippen LogP contribution in [0.2, 0.25) is 0 Å². The molecule has 5 heteroatoms. The summed E-state index contributed by atoms with van der Waals surface area (Å²) >= 11 is 0. The summed E-state index contributed by atoms with van der Waals surface area (Å²) in [6.07, 6.45) is 1.80. The summed E-state index contributed by atoms with van der Waals surface area (Å²) in [6.45, 7) is 4.79. The van der Waals surface area contributed by atoms with E-state index in [0.717, 1.165) is 42.0 Å². The number of ether oxygens (including phenoxy) is 2. The number of nitrogens with zero attached hydrogens (tertiary/aromatic N) is 1. The summed E-state index contributed by atoms with van der Waals surface area (Å²) in [5, 5.41) is 8.72. The molecule has 0 aliphatic rings. The maximum atomic E-state index is 5.35. The van der Waals surface area contributed by atoms with Gasteiger partial charge in [-0.1, -0.05) is 6.92 Å². The van der Waals surface area contributed by atoms with Crippen LogP contribution in [0, 0.1) is 0 Å². The number of anilines is 1.